The van der Waals surface area contributed by atoms with E-state index in [9.17, 15) is 13.2 Å². The van der Waals surface area contributed by atoms with E-state index in [2.05, 4.69) is 26.0 Å². The van der Waals surface area contributed by atoms with Crippen LogP contribution in [0.2, 0.25) is 0 Å². The van der Waals surface area contributed by atoms with Crippen LogP contribution >= 0.6 is 15.9 Å². The van der Waals surface area contributed by atoms with Gasteiger partial charge in [0, 0.05) is 4.47 Å². The van der Waals surface area contributed by atoms with Crippen LogP contribution in [0, 0.1) is 6.92 Å². The molecule has 0 aromatic heterocycles. The normalized spacial score (nSPS) is 16.8. The fourth-order valence-corrected chi connectivity index (χ4v) is 4.18. The van der Waals surface area contributed by atoms with Crippen molar-refractivity contribution in [1.82, 2.24) is 0 Å². The molecule has 0 unspecified atom stereocenters. The van der Waals surface area contributed by atoms with Gasteiger partial charge in [-0.25, -0.2) is 8.42 Å². The predicted molar refractivity (Wildman–Crippen MR) is 94.8 cm³/mol. The fraction of sp³-hybridized carbons (Fsp3) is 0.188. The van der Waals surface area contributed by atoms with Crippen molar-refractivity contribution in [1.29, 1.82) is 0 Å². The van der Waals surface area contributed by atoms with Crippen LogP contribution in [0.25, 0.3) is 0 Å². The van der Waals surface area contributed by atoms with Crippen LogP contribution in [0.3, 0.4) is 0 Å². The van der Waals surface area contributed by atoms with Crippen LogP contribution in [-0.2, 0) is 14.8 Å². The zero-order chi connectivity index (χ0) is 17.5. The van der Waals surface area contributed by atoms with Gasteiger partial charge >= 0.3 is 0 Å². The molecule has 126 valence electrons. The lowest BCUT2D eigenvalue weighted by molar-refractivity contribution is -0.122. The molecule has 24 heavy (non-hydrogen) atoms. The number of hydrogen-bond acceptors (Lipinski definition) is 4. The first kappa shape index (κ1) is 16.8. The lowest BCUT2D eigenvalue weighted by Gasteiger charge is -2.23. The number of fused-ring (bicyclic) bond motifs is 1. The number of benzene rings is 2. The lowest BCUT2D eigenvalue weighted by Crippen LogP contribution is -2.34. The van der Waals surface area contributed by atoms with Crippen LogP contribution in [-0.4, -0.2) is 20.4 Å². The molecule has 1 aliphatic rings. The Morgan fingerprint density at radius 2 is 1.96 bits per heavy atom. The molecular formula is C16H15BrN2O4S. The zero-order valence-corrected chi connectivity index (χ0v) is 15.4. The number of hydrogen-bond donors (Lipinski definition) is 2. The number of halogens is 1. The van der Waals surface area contributed by atoms with E-state index in [1.165, 1.54) is 6.07 Å². The summed E-state index contributed by atoms with van der Waals surface area (Å²) in [4.78, 5) is 11.9. The van der Waals surface area contributed by atoms with E-state index in [0.717, 1.165) is 0 Å². The molecule has 6 nitrogen and oxygen atoms in total. The zero-order valence-electron chi connectivity index (χ0n) is 13.0. The van der Waals surface area contributed by atoms with E-state index < -0.39 is 16.1 Å². The highest BCUT2D eigenvalue weighted by molar-refractivity contribution is 9.10. The molecule has 2 N–H and O–H groups in total. The number of rotatable bonds is 3. The maximum Gasteiger partial charge on any atom is 0.265 e. The van der Waals surface area contributed by atoms with Crippen molar-refractivity contribution in [3.63, 3.8) is 0 Å². The van der Waals surface area contributed by atoms with Gasteiger partial charge in [0.15, 0.2) is 6.10 Å². The summed E-state index contributed by atoms with van der Waals surface area (Å²) in [6.07, 6.45) is -0.579. The molecule has 1 aliphatic heterocycles. The largest absolute Gasteiger partial charge is 0.479 e. The number of aryl methyl sites for hydroxylation is 1. The quantitative estimate of drug-likeness (QED) is 0.812. The van der Waals surface area contributed by atoms with E-state index in [1.807, 2.05) is 0 Å². The molecule has 0 fully saturated rings. The molecule has 0 saturated carbocycles. The summed E-state index contributed by atoms with van der Waals surface area (Å²) in [5.74, 6) is 0.231. The second-order valence-corrected chi connectivity index (χ2v) is 8.04. The van der Waals surface area contributed by atoms with Crippen molar-refractivity contribution in [3.8, 4) is 5.75 Å². The van der Waals surface area contributed by atoms with Crippen LogP contribution in [0.4, 0.5) is 11.4 Å². The van der Waals surface area contributed by atoms with Gasteiger partial charge < -0.3 is 10.1 Å². The van der Waals surface area contributed by atoms with Crippen molar-refractivity contribution >= 4 is 43.2 Å². The van der Waals surface area contributed by atoms with Gasteiger partial charge in [0.2, 0.25) is 0 Å². The SMILES string of the molecule is Cc1ccc(Br)cc1S(=O)(=O)Nc1ccc2c(c1)NC(=O)[C@H](C)O2. The Hall–Kier alpha value is -2.06. The third-order valence-electron chi connectivity index (χ3n) is 3.60. The Bertz CT molecular complexity index is 928. The first-order valence-corrected chi connectivity index (χ1v) is 9.44. The standard InChI is InChI=1S/C16H15BrN2O4S/c1-9-3-4-11(17)7-15(9)24(21,22)19-12-5-6-14-13(8-12)18-16(20)10(2)23-14/h3-8,10,19H,1-2H3,(H,18,20)/t10-/m0/s1. The Kier molecular flexibility index (Phi) is 4.27. The molecule has 3 rings (SSSR count). The highest BCUT2D eigenvalue weighted by Gasteiger charge is 2.24. The van der Waals surface area contributed by atoms with E-state index in [-0.39, 0.29) is 10.8 Å². The minimum atomic E-state index is -3.75. The number of carbonyl (C=O) groups excluding carboxylic acids is 1. The van der Waals surface area contributed by atoms with Crippen molar-refractivity contribution < 1.29 is 17.9 Å². The Morgan fingerprint density at radius 1 is 1.21 bits per heavy atom. The first-order chi connectivity index (χ1) is 11.3. The third-order valence-corrected chi connectivity index (χ3v) is 5.62. The topological polar surface area (TPSA) is 84.5 Å². The number of anilines is 2. The summed E-state index contributed by atoms with van der Waals surface area (Å²) in [6.45, 7) is 3.37. The molecule has 0 saturated heterocycles. The van der Waals surface area contributed by atoms with Gasteiger partial charge in [-0.3, -0.25) is 9.52 Å². The van der Waals surface area contributed by atoms with E-state index in [4.69, 9.17) is 4.74 Å². The molecule has 8 heteroatoms. The van der Waals surface area contributed by atoms with Gasteiger partial charge in [-0.15, -0.1) is 0 Å². The van der Waals surface area contributed by atoms with Crippen LogP contribution in [0.1, 0.15) is 12.5 Å². The monoisotopic (exact) mass is 410 g/mol. The van der Waals surface area contributed by atoms with Crippen LogP contribution in [0.15, 0.2) is 45.8 Å². The van der Waals surface area contributed by atoms with Gasteiger partial charge in [-0.2, -0.15) is 0 Å². The number of nitrogens with one attached hydrogen (secondary N) is 2. The summed E-state index contributed by atoms with van der Waals surface area (Å²) < 4.78 is 33.9. The highest BCUT2D eigenvalue weighted by Crippen LogP contribution is 2.33. The molecule has 1 atom stereocenters. The number of sulfonamides is 1. The summed E-state index contributed by atoms with van der Waals surface area (Å²) >= 11 is 3.28. The Balaban J connectivity index is 1.92. The maximum atomic E-state index is 12.6. The molecule has 2 aromatic carbocycles. The Morgan fingerprint density at radius 3 is 2.71 bits per heavy atom. The average Bonchev–Trinajstić information content (AvgIpc) is 2.50. The fourth-order valence-electron chi connectivity index (χ4n) is 2.35. The molecule has 1 amide bonds. The average molecular weight is 411 g/mol. The van der Waals surface area contributed by atoms with E-state index in [1.54, 1.807) is 44.2 Å². The van der Waals surface area contributed by atoms with Crippen molar-refractivity contribution in [2.75, 3.05) is 10.0 Å². The highest BCUT2D eigenvalue weighted by atomic mass is 79.9. The van der Waals surface area contributed by atoms with Crippen molar-refractivity contribution in [2.45, 2.75) is 24.8 Å². The molecule has 0 aliphatic carbocycles. The van der Waals surface area contributed by atoms with Crippen LogP contribution < -0.4 is 14.8 Å². The molecular weight excluding hydrogens is 396 g/mol. The smallest absolute Gasteiger partial charge is 0.265 e. The second kappa shape index (κ2) is 6.10. The molecule has 0 bridgehead atoms. The lowest BCUT2D eigenvalue weighted by atomic mass is 10.2. The minimum absolute atomic E-state index is 0.184. The number of carbonyl (C=O) groups is 1. The summed E-state index contributed by atoms with van der Waals surface area (Å²) in [7, 11) is -3.75. The van der Waals surface area contributed by atoms with Gasteiger partial charge in [0.1, 0.15) is 5.75 Å². The van der Waals surface area contributed by atoms with E-state index in [0.29, 0.717) is 27.2 Å². The van der Waals surface area contributed by atoms with Crippen LogP contribution in [0.5, 0.6) is 5.75 Å². The molecule has 2 aromatic rings. The Labute approximate surface area is 148 Å². The summed E-state index contributed by atoms with van der Waals surface area (Å²) in [5, 5.41) is 2.69. The second-order valence-electron chi connectivity index (χ2n) is 5.48. The summed E-state index contributed by atoms with van der Waals surface area (Å²) in [5.41, 5.74) is 1.41. The first-order valence-electron chi connectivity index (χ1n) is 7.17. The number of amides is 1. The molecule has 0 spiro atoms. The summed E-state index contributed by atoms with van der Waals surface area (Å²) in [6, 6.07) is 9.79. The number of ether oxygens (including phenoxy) is 1. The van der Waals surface area contributed by atoms with Crippen molar-refractivity contribution in [3.05, 3.63) is 46.4 Å². The minimum Gasteiger partial charge on any atom is -0.479 e. The molecule has 1 heterocycles. The third kappa shape index (κ3) is 3.25. The maximum absolute atomic E-state index is 12.6. The van der Waals surface area contributed by atoms with Gasteiger partial charge in [-0.05, 0) is 49.7 Å². The van der Waals surface area contributed by atoms with Gasteiger partial charge in [-0.1, -0.05) is 22.0 Å². The predicted octanol–water partition coefficient (Wildman–Crippen LogP) is 3.28. The molecule has 0 radical (unpaired) electrons. The van der Waals surface area contributed by atoms with Gasteiger partial charge in [0.25, 0.3) is 15.9 Å². The van der Waals surface area contributed by atoms with E-state index >= 15 is 0 Å². The van der Waals surface area contributed by atoms with Gasteiger partial charge in [0.05, 0.1) is 16.3 Å². The van der Waals surface area contributed by atoms with Crippen molar-refractivity contribution in [2.24, 2.45) is 0 Å².